The topological polar surface area (TPSA) is 98.6 Å². The third-order valence-electron chi connectivity index (χ3n) is 4.63. The predicted molar refractivity (Wildman–Crippen MR) is 123 cm³/mol. The maximum atomic E-state index is 12.6. The molecule has 0 fully saturated rings. The number of aromatic nitrogens is 3. The number of anilines is 1. The Bertz CT molecular complexity index is 1070. The number of carbonyl (C=O) groups excluding carboxylic acids is 2. The molecular weight excluding hydrogens is 430 g/mol. The second-order valence-electron chi connectivity index (χ2n) is 6.88. The molecule has 0 atom stereocenters. The molecular formula is C22H25N5O4S. The Morgan fingerprint density at radius 1 is 1.00 bits per heavy atom. The Morgan fingerprint density at radius 2 is 1.59 bits per heavy atom. The molecule has 0 unspecified atom stereocenters. The number of nitrogens with zero attached hydrogens (tertiary/aromatic N) is 4. The van der Waals surface area contributed by atoms with Crippen LogP contribution < -0.4 is 14.8 Å². The lowest BCUT2D eigenvalue weighted by Crippen LogP contribution is -2.36. The SMILES string of the molecule is COc1ccc(NC(=O)CN(C)C(=O)CSc2nnc(C)n2-c2ccc(OC)cc2)cc1. The van der Waals surface area contributed by atoms with Crippen molar-refractivity contribution in [3.05, 3.63) is 54.4 Å². The average Bonchev–Trinajstić information content (AvgIpc) is 3.18. The number of methoxy groups -OCH3 is 2. The van der Waals surface area contributed by atoms with Crippen LogP contribution in [0.5, 0.6) is 11.5 Å². The van der Waals surface area contributed by atoms with Gasteiger partial charge in [-0.15, -0.1) is 10.2 Å². The minimum absolute atomic E-state index is 0.0599. The van der Waals surface area contributed by atoms with E-state index in [0.29, 0.717) is 22.4 Å². The van der Waals surface area contributed by atoms with Crippen molar-refractivity contribution in [2.45, 2.75) is 12.1 Å². The molecule has 0 saturated carbocycles. The zero-order valence-electron chi connectivity index (χ0n) is 18.4. The number of rotatable bonds is 9. The van der Waals surface area contributed by atoms with Crippen molar-refractivity contribution < 1.29 is 19.1 Å². The van der Waals surface area contributed by atoms with Crippen LogP contribution >= 0.6 is 11.8 Å². The van der Waals surface area contributed by atoms with Gasteiger partial charge in [-0.05, 0) is 55.5 Å². The standard InChI is InChI=1S/C22H25N5O4S/c1-15-24-25-22(27(15)17-7-11-19(31-4)12-8-17)32-14-21(29)26(2)13-20(28)23-16-5-9-18(30-3)10-6-16/h5-12H,13-14H2,1-4H3,(H,23,28). The molecule has 0 radical (unpaired) electrons. The molecule has 0 spiro atoms. The van der Waals surface area contributed by atoms with Gasteiger partial charge in [-0.2, -0.15) is 0 Å². The maximum absolute atomic E-state index is 12.6. The highest BCUT2D eigenvalue weighted by Crippen LogP contribution is 2.23. The quantitative estimate of drug-likeness (QED) is 0.496. The number of benzene rings is 2. The fourth-order valence-corrected chi connectivity index (χ4v) is 3.82. The van der Waals surface area contributed by atoms with Crippen molar-refractivity contribution in [3.63, 3.8) is 0 Å². The zero-order valence-corrected chi connectivity index (χ0v) is 19.2. The minimum atomic E-state index is -0.284. The third-order valence-corrected chi connectivity index (χ3v) is 5.54. The van der Waals surface area contributed by atoms with E-state index in [1.54, 1.807) is 45.5 Å². The van der Waals surface area contributed by atoms with E-state index >= 15 is 0 Å². The number of ether oxygens (including phenoxy) is 2. The molecule has 0 aliphatic rings. The van der Waals surface area contributed by atoms with Gasteiger partial charge >= 0.3 is 0 Å². The fourth-order valence-electron chi connectivity index (χ4n) is 2.88. The average molecular weight is 456 g/mol. The second-order valence-corrected chi connectivity index (χ2v) is 7.82. The summed E-state index contributed by atoms with van der Waals surface area (Å²) >= 11 is 1.27. The van der Waals surface area contributed by atoms with Crippen LogP contribution in [0.1, 0.15) is 5.82 Å². The maximum Gasteiger partial charge on any atom is 0.243 e. The molecule has 2 aromatic carbocycles. The molecule has 1 N–H and O–H groups in total. The molecule has 3 aromatic rings. The first-order chi connectivity index (χ1) is 15.4. The number of thioether (sulfide) groups is 1. The number of aryl methyl sites for hydroxylation is 1. The summed E-state index contributed by atoms with van der Waals surface area (Å²) in [6.45, 7) is 1.79. The fraction of sp³-hybridized carbons (Fsp3) is 0.273. The first-order valence-electron chi connectivity index (χ1n) is 9.78. The van der Waals surface area contributed by atoms with Crippen LogP contribution in [0.25, 0.3) is 5.69 Å². The van der Waals surface area contributed by atoms with Gasteiger partial charge in [-0.3, -0.25) is 14.2 Å². The molecule has 2 amide bonds. The van der Waals surface area contributed by atoms with Crippen LogP contribution in [0.3, 0.4) is 0 Å². The second kappa shape index (κ2) is 10.7. The molecule has 10 heteroatoms. The van der Waals surface area contributed by atoms with Crippen molar-refractivity contribution in [3.8, 4) is 17.2 Å². The number of nitrogens with one attached hydrogen (secondary N) is 1. The Balaban J connectivity index is 1.56. The lowest BCUT2D eigenvalue weighted by Gasteiger charge is -2.17. The van der Waals surface area contributed by atoms with E-state index in [2.05, 4.69) is 15.5 Å². The van der Waals surface area contributed by atoms with Crippen LogP contribution in [0.2, 0.25) is 0 Å². The molecule has 32 heavy (non-hydrogen) atoms. The molecule has 0 bridgehead atoms. The monoisotopic (exact) mass is 455 g/mol. The van der Waals surface area contributed by atoms with Gasteiger partial charge in [0.05, 0.1) is 26.5 Å². The largest absolute Gasteiger partial charge is 0.497 e. The van der Waals surface area contributed by atoms with E-state index < -0.39 is 0 Å². The summed E-state index contributed by atoms with van der Waals surface area (Å²) in [5.41, 5.74) is 1.50. The first kappa shape index (κ1) is 23.1. The van der Waals surface area contributed by atoms with Crippen LogP contribution in [0, 0.1) is 6.92 Å². The van der Waals surface area contributed by atoms with Crippen LogP contribution in [0.15, 0.2) is 53.7 Å². The summed E-state index contributed by atoms with van der Waals surface area (Å²) in [6, 6.07) is 14.5. The van der Waals surface area contributed by atoms with E-state index in [1.807, 2.05) is 35.8 Å². The molecule has 0 aliphatic heterocycles. The first-order valence-corrected chi connectivity index (χ1v) is 10.8. The van der Waals surface area contributed by atoms with Gasteiger partial charge < -0.3 is 19.7 Å². The van der Waals surface area contributed by atoms with E-state index in [1.165, 1.54) is 16.7 Å². The molecule has 0 saturated heterocycles. The normalized spacial score (nSPS) is 10.5. The molecule has 1 aromatic heterocycles. The van der Waals surface area contributed by atoms with Crippen molar-refractivity contribution in [2.75, 3.05) is 38.9 Å². The molecule has 168 valence electrons. The van der Waals surface area contributed by atoms with E-state index in [9.17, 15) is 9.59 Å². The van der Waals surface area contributed by atoms with Gasteiger partial charge in [-0.1, -0.05) is 11.8 Å². The van der Waals surface area contributed by atoms with Crippen LogP contribution in [0.4, 0.5) is 5.69 Å². The van der Waals surface area contributed by atoms with Gasteiger partial charge in [-0.25, -0.2) is 0 Å². The summed E-state index contributed by atoms with van der Waals surface area (Å²) in [5, 5.41) is 11.7. The number of likely N-dealkylation sites (N-methyl/N-ethyl adjacent to an activating group) is 1. The van der Waals surface area contributed by atoms with Crippen molar-refractivity contribution in [1.82, 2.24) is 19.7 Å². The van der Waals surface area contributed by atoms with E-state index in [0.717, 1.165) is 11.4 Å². The molecule has 1 heterocycles. The summed E-state index contributed by atoms with van der Waals surface area (Å²) < 4.78 is 12.2. The highest BCUT2D eigenvalue weighted by atomic mass is 32.2. The van der Waals surface area contributed by atoms with Crippen molar-refractivity contribution in [1.29, 1.82) is 0 Å². The number of hydrogen-bond acceptors (Lipinski definition) is 7. The van der Waals surface area contributed by atoms with Gasteiger partial charge in [0, 0.05) is 18.4 Å². The summed E-state index contributed by atoms with van der Waals surface area (Å²) in [4.78, 5) is 26.2. The number of amides is 2. The molecule has 0 aliphatic carbocycles. The number of carbonyl (C=O) groups is 2. The lowest BCUT2D eigenvalue weighted by atomic mass is 10.3. The van der Waals surface area contributed by atoms with Gasteiger partial charge in [0.1, 0.15) is 17.3 Å². The predicted octanol–water partition coefficient (Wildman–Crippen LogP) is 2.78. The van der Waals surface area contributed by atoms with Crippen molar-refractivity contribution >= 4 is 29.3 Å². The van der Waals surface area contributed by atoms with Crippen LogP contribution in [-0.4, -0.2) is 65.0 Å². The van der Waals surface area contributed by atoms with E-state index in [-0.39, 0.29) is 24.1 Å². The third kappa shape index (κ3) is 5.79. The van der Waals surface area contributed by atoms with Crippen LogP contribution in [-0.2, 0) is 9.59 Å². The lowest BCUT2D eigenvalue weighted by molar-refractivity contribution is -0.131. The van der Waals surface area contributed by atoms with Crippen molar-refractivity contribution in [2.24, 2.45) is 0 Å². The van der Waals surface area contributed by atoms with Gasteiger partial charge in [0.2, 0.25) is 11.8 Å². The Morgan fingerprint density at radius 3 is 2.19 bits per heavy atom. The van der Waals surface area contributed by atoms with Gasteiger partial charge in [0.15, 0.2) is 5.16 Å². The summed E-state index contributed by atoms with van der Waals surface area (Å²) in [5.74, 6) is 1.80. The minimum Gasteiger partial charge on any atom is -0.497 e. The van der Waals surface area contributed by atoms with Gasteiger partial charge in [0.25, 0.3) is 0 Å². The Labute approximate surface area is 190 Å². The Kier molecular flexibility index (Phi) is 7.72. The molecule has 3 rings (SSSR count). The van der Waals surface area contributed by atoms with E-state index in [4.69, 9.17) is 9.47 Å². The summed E-state index contributed by atoms with van der Waals surface area (Å²) in [6.07, 6.45) is 0. The zero-order chi connectivity index (χ0) is 23.1. The smallest absolute Gasteiger partial charge is 0.243 e. The highest BCUT2D eigenvalue weighted by molar-refractivity contribution is 7.99. The summed E-state index contributed by atoms with van der Waals surface area (Å²) in [7, 11) is 4.78. The highest BCUT2D eigenvalue weighted by Gasteiger charge is 2.17. The number of hydrogen-bond donors (Lipinski definition) is 1. The Hall–Kier alpha value is -3.53. The molecule has 9 nitrogen and oxygen atoms in total.